The Morgan fingerprint density at radius 2 is 2.04 bits per heavy atom. The molecule has 0 saturated carbocycles. The lowest BCUT2D eigenvalue weighted by Gasteiger charge is -2.25. The Kier molecular flexibility index (Phi) is 6.05. The topological polar surface area (TPSA) is 66.9 Å². The van der Waals surface area contributed by atoms with Crippen LogP contribution in [0.4, 0.5) is 5.69 Å². The number of fused-ring (bicyclic) bond motifs is 1. The largest absolute Gasteiger partial charge is 0.495 e. The van der Waals surface area contributed by atoms with Gasteiger partial charge in [-0.15, -0.1) is 0 Å². The molecule has 0 spiro atoms. The van der Waals surface area contributed by atoms with E-state index in [1.54, 1.807) is 4.90 Å². The number of likely N-dealkylation sites (N-methyl/N-ethyl adjacent to an activating group) is 1. The molecule has 0 fully saturated rings. The van der Waals surface area contributed by atoms with Crippen LogP contribution < -0.4 is 9.64 Å². The SMILES string of the molecule is COc1ccc(S(=O)(=O)N(C)CC(=O)N2c3ccc(Br)cc3C[C@H]2C)cc1Cl. The molecule has 0 N–H and O–H groups in total. The molecule has 9 heteroatoms. The summed E-state index contributed by atoms with van der Waals surface area (Å²) in [4.78, 5) is 14.6. The first-order valence-electron chi connectivity index (χ1n) is 8.55. The van der Waals surface area contributed by atoms with Crippen molar-refractivity contribution >= 4 is 49.1 Å². The number of nitrogens with zero attached hydrogens (tertiary/aromatic N) is 2. The third-order valence-corrected chi connectivity index (χ3v) is 7.30. The molecule has 1 heterocycles. The summed E-state index contributed by atoms with van der Waals surface area (Å²) in [7, 11) is -1.04. The second-order valence-corrected chi connectivity index (χ2v) is 10.0. The molecule has 1 aliphatic rings. The van der Waals surface area contributed by atoms with Gasteiger partial charge in [0.1, 0.15) is 5.75 Å². The number of hydrogen-bond acceptors (Lipinski definition) is 4. The fourth-order valence-electron chi connectivity index (χ4n) is 3.32. The van der Waals surface area contributed by atoms with Crippen LogP contribution in [0.5, 0.6) is 5.75 Å². The number of amides is 1. The van der Waals surface area contributed by atoms with Gasteiger partial charge in [0.05, 0.1) is 23.6 Å². The highest BCUT2D eigenvalue weighted by Gasteiger charge is 2.33. The summed E-state index contributed by atoms with van der Waals surface area (Å²) >= 11 is 9.49. The van der Waals surface area contributed by atoms with E-state index in [2.05, 4.69) is 15.9 Å². The number of carbonyl (C=O) groups excluding carboxylic acids is 1. The Morgan fingerprint density at radius 3 is 2.68 bits per heavy atom. The zero-order valence-electron chi connectivity index (χ0n) is 15.6. The van der Waals surface area contributed by atoms with Gasteiger partial charge in [-0.1, -0.05) is 27.5 Å². The number of carbonyl (C=O) groups is 1. The number of benzene rings is 2. The fourth-order valence-corrected chi connectivity index (χ4v) is 5.20. The molecule has 0 aromatic heterocycles. The molecule has 1 atom stereocenters. The van der Waals surface area contributed by atoms with Gasteiger partial charge in [-0.3, -0.25) is 4.79 Å². The first-order valence-corrected chi connectivity index (χ1v) is 11.2. The molecule has 28 heavy (non-hydrogen) atoms. The molecule has 1 amide bonds. The van der Waals surface area contributed by atoms with Gasteiger partial charge in [0, 0.05) is 23.2 Å². The first-order chi connectivity index (χ1) is 13.1. The molecule has 0 saturated heterocycles. The van der Waals surface area contributed by atoms with Crippen LogP contribution in [0, 0.1) is 0 Å². The van der Waals surface area contributed by atoms with Gasteiger partial charge in [-0.25, -0.2) is 8.42 Å². The van der Waals surface area contributed by atoms with Crippen molar-refractivity contribution in [3.63, 3.8) is 0 Å². The number of rotatable bonds is 5. The Balaban J connectivity index is 1.82. The van der Waals surface area contributed by atoms with E-state index in [4.69, 9.17) is 16.3 Å². The summed E-state index contributed by atoms with van der Waals surface area (Å²) in [5.41, 5.74) is 1.88. The number of methoxy groups -OCH3 is 1. The summed E-state index contributed by atoms with van der Waals surface area (Å²) in [5.74, 6) is 0.104. The second kappa shape index (κ2) is 8.02. The Labute approximate surface area is 178 Å². The van der Waals surface area contributed by atoms with Crippen LogP contribution in [-0.2, 0) is 21.2 Å². The van der Waals surface area contributed by atoms with Crippen molar-refractivity contribution in [1.82, 2.24) is 4.31 Å². The van der Waals surface area contributed by atoms with Crippen LogP contribution in [0.3, 0.4) is 0 Å². The standard InChI is InChI=1S/C19H20BrClN2O4S/c1-12-8-13-9-14(20)4-6-17(13)23(12)19(24)11-22(2)28(25,26)15-5-7-18(27-3)16(21)10-15/h4-7,9-10,12H,8,11H2,1-3H3/t12-/m1/s1. The summed E-state index contributed by atoms with van der Waals surface area (Å²) in [6, 6.07) is 9.91. The van der Waals surface area contributed by atoms with Crippen molar-refractivity contribution in [2.24, 2.45) is 0 Å². The van der Waals surface area contributed by atoms with Crippen LogP contribution >= 0.6 is 27.5 Å². The van der Waals surface area contributed by atoms with Gasteiger partial charge in [0.2, 0.25) is 15.9 Å². The molecule has 1 aliphatic heterocycles. The second-order valence-electron chi connectivity index (χ2n) is 6.65. The first kappa shape index (κ1) is 21.1. The van der Waals surface area contributed by atoms with Crippen molar-refractivity contribution < 1.29 is 17.9 Å². The van der Waals surface area contributed by atoms with Gasteiger partial charge in [0.25, 0.3) is 0 Å². The third-order valence-electron chi connectivity index (χ3n) is 4.72. The molecule has 0 aliphatic carbocycles. The van der Waals surface area contributed by atoms with E-state index in [9.17, 15) is 13.2 Å². The minimum absolute atomic E-state index is 0.00685. The molecule has 6 nitrogen and oxygen atoms in total. The predicted molar refractivity (Wildman–Crippen MR) is 113 cm³/mol. The van der Waals surface area contributed by atoms with E-state index >= 15 is 0 Å². The fraction of sp³-hybridized carbons (Fsp3) is 0.316. The molecule has 150 valence electrons. The summed E-state index contributed by atoms with van der Waals surface area (Å²) in [5, 5.41) is 0.191. The van der Waals surface area contributed by atoms with Gasteiger partial charge in [-0.2, -0.15) is 4.31 Å². The van der Waals surface area contributed by atoms with Crippen molar-refractivity contribution in [3.05, 3.63) is 51.5 Å². The van der Waals surface area contributed by atoms with E-state index in [1.807, 2.05) is 25.1 Å². The normalized spacial score (nSPS) is 16.4. The smallest absolute Gasteiger partial charge is 0.243 e. The molecule has 3 rings (SSSR count). The molecule has 2 aromatic rings. The van der Waals surface area contributed by atoms with Crippen LogP contribution in [0.2, 0.25) is 5.02 Å². The monoisotopic (exact) mass is 486 g/mol. The van der Waals surface area contributed by atoms with Gasteiger partial charge in [0.15, 0.2) is 0 Å². The quantitative estimate of drug-likeness (QED) is 0.645. The highest BCUT2D eigenvalue weighted by atomic mass is 79.9. The summed E-state index contributed by atoms with van der Waals surface area (Å²) < 4.78 is 32.8. The van der Waals surface area contributed by atoms with Crippen molar-refractivity contribution in [2.75, 3.05) is 25.6 Å². The molecule has 0 bridgehead atoms. The highest BCUT2D eigenvalue weighted by molar-refractivity contribution is 9.10. The minimum atomic E-state index is -3.87. The zero-order chi connectivity index (χ0) is 20.6. The van der Waals surface area contributed by atoms with Crippen LogP contribution in [0.15, 0.2) is 45.8 Å². The number of halogens is 2. The van der Waals surface area contributed by atoms with Gasteiger partial charge in [-0.05, 0) is 55.3 Å². The average Bonchev–Trinajstić information content (AvgIpc) is 2.96. The third kappa shape index (κ3) is 3.91. The molecule has 2 aromatic carbocycles. The molecule has 0 radical (unpaired) electrons. The van der Waals surface area contributed by atoms with Crippen molar-refractivity contribution in [3.8, 4) is 5.75 Å². The maximum atomic E-state index is 12.9. The number of anilines is 1. The minimum Gasteiger partial charge on any atom is -0.495 e. The van der Waals surface area contributed by atoms with Gasteiger partial charge >= 0.3 is 0 Å². The van der Waals surface area contributed by atoms with Crippen LogP contribution in [0.1, 0.15) is 12.5 Å². The maximum absolute atomic E-state index is 12.9. The summed E-state index contributed by atoms with van der Waals surface area (Å²) in [6.07, 6.45) is 0.727. The van der Waals surface area contributed by atoms with E-state index in [1.165, 1.54) is 32.4 Å². The van der Waals surface area contributed by atoms with E-state index in [-0.39, 0.29) is 28.4 Å². The number of sulfonamides is 1. The number of ether oxygens (including phenoxy) is 1. The van der Waals surface area contributed by atoms with E-state index in [0.29, 0.717) is 5.75 Å². The lowest BCUT2D eigenvalue weighted by atomic mass is 10.1. The average molecular weight is 488 g/mol. The summed E-state index contributed by atoms with van der Waals surface area (Å²) in [6.45, 7) is 1.68. The van der Waals surface area contributed by atoms with Crippen LogP contribution in [-0.4, -0.2) is 45.4 Å². The highest BCUT2D eigenvalue weighted by Crippen LogP contribution is 2.34. The maximum Gasteiger partial charge on any atom is 0.243 e. The van der Waals surface area contributed by atoms with Crippen molar-refractivity contribution in [1.29, 1.82) is 0 Å². The Bertz CT molecular complexity index is 1030. The Morgan fingerprint density at radius 1 is 1.32 bits per heavy atom. The predicted octanol–water partition coefficient (Wildman–Crippen LogP) is 3.71. The van der Waals surface area contributed by atoms with E-state index < -0.39 is 10.0 Å². The Hall–Kier alpha value is -1.61. The molecular formula is C19H20BrClN2O4S. The lowest BCUT2D eigenvalue weighted by Crippen LogP contribution is -2.43. The number of hydrogen-bond donors (Lipinski definition) is 0. The van der Waals surface area contributed by atoms with E-state index in [0.717, 1.165) is 26.4 Å². The van der Waals surface area contributed by atoms with Crippen LogP contribution in [0.25, 0.3) is 0 Å². The van der Waals surface area contributed by atoms with Gasteiger partial charge < -0.3 is 9.64 Å². The zero-order valence-corrected chi connectivity index (χ0v) is 18.8. The lowest BCUT2D eigenvalue weighted by molar-refractivity contribution is -0.118. The molecule has 0 unspecified atom stereocenters. The molecular weight excluding hydrogens is 468 g/mol. The van der Waals surface area contributed by atoms with Crippen molar-refractivity contribution in [2.45, 2.75) is 24.3 Å².